The van der Waals surface area contributed by atoms with Crippen molar-refractivity contribution in [1.82, 2.24) is 10.2 Å². The summed E-state index contributed by atoms with van der Waals surface area (Å²) in [6.07, 6.45) is 1.11. The number of amides is 1. The van der Waals surface area contributed by atoms with E-state index in [4.69, 9.17) is 0 Å². The van der Waals surface area contributed by atoms with E-state index in [1.54, 1.807) is 0 Å². The maximum absolute atomic E-state index is 11.0. The van der Waals surface area contributed by atoms with Crippen LogP contribution >= 0.6 is 0 Å². The van der Waals surface area contributed by atoms with Gasteiger partial charge in [-0.05, 0) is 24.1 Å². The molecule has 4 heteroatoms. The molecule has 1 aliphatic heterocycles. The highest BCUT2D eigenvalue weighted by molar-refractivity contribution is 5.88. The monoisotopic (exact) mass is 261 g/mol. The Balaban J connectivity index is 2.07. The highest BCUT2D eigenvalue weighted by atomic mass is 16.1. The van der Waals surface area contributed by atoms with Gasteiger partial charge in [0.25, 0.3) is 0 Å². The lowest BCUT2D eigenvalue weighted by molar-refractivity contribution is -0.114. The van der Waals surface area contributed by atoms with Crippen LogP contribution in [0.2, 0.25) is 0 Å². The van der Waals surface area contributed by atoms with E-state index in [0.29, 0.717) is 6.04 Å². The number of carbonyl (C=O) groups is 1. The topological polar surface area (TPSA) is 44.4 Å². The number of carbonyl (C=O) groups excluding carboxylic acids is 1. The van der Waals surface area contributed by atoms with Gasteiger partial charge in [0.15, 0.2) is 0 Å². The van der Waals surface area contributed by atoms with Gasteiger partial charge in [0.1, 0.15) is 0 Å². The van der Waals surface area contributed by atoms with Gasteiger partial charge >= 0.3 is 0 Å². The number of hydrogen-bond donors (Lipinski definition) is 2. The highest BCUT2D eigenvalue weighted by Crippen LogP contribution is 2.25. The first kappa shape index (κ1) is 14.0. The van der Waals surface area contributed by atoms with Gasteiger partial charge in [0.2, 0.25) is 5.91 Å². The van der Waals surface area contributed by atoms with Crippen molar-refractivity contribution in [2.45, 2.75) is 26.3 Å². The zero-order valence-corrected chi connectivity index (χ0v) is 11.8. The smallest absolute Gasteiger partial charge is 0.221 e. The molecule has 1 saturated heterocycles. The number of benzene rings is 1. The zero-order valence-electron chi connectivity index (χ0n) is 11.8. The Bertz CT molecular complexity index is 410. The molecule has 1 aliphatic rings. The summed E-state index contributed by atoms with van der Waals surface area (Å²) in [5.74, 6) is -0.0260. The van der Waals surface area contributed by atoms with Crippen LogP contribution in [0, 0.1) is 0 Å². The largest absolute Gasteiger partial charge is 0.326 e. The quantitative estimate of drug-likeness (QED) is 0.871. The molecular formula is C15H23N3O. The van der Waals surface area contributed by atoms with Crippen LogP contribution in [0.4, 0.5) is 5.69 Å². The summed E-state index contributed by atoms with van der Waals surface area (Å²) in [5.41, 5.74) is 2.20. The van der Waals surface area contributed by atoms with E-state index >= 15 is 0 Å². The van der Waals surface area contributed by atoms with Crippen LogP contribution in [0.1, 0.15) is 31.9 Å². The number of anilines is 1. The molecule has 19 heavy (non-hydrogen) atoms. The fourth-order valence-electron chi connectivity index (χ4n) is 2.69. The molecule has 0 radical (unpaired) electrons. The molecule has 104 valence electrons. The molecule has 1 fully saturated rings. The van der Waals surface area contributed by atoms with Crippen molar-refractivity contribution in [1.29, 1.82) is 0 Å². The minimum Gasteiger partial charge on any atom is -0.326 e. The van der Waals surface area contributed by atoms with Gasteiger partial charge in [-0.2, -0.15) is 0 Å². The van der Waals surface area contributed by atoms with E-state index in [9.17, 15) is 4.79 Å². The van der Waals surface area contributed by atoms with E-state index in [1.165, 1.54) is 12.5 Å². The lowest BCUT2D eigenvalue weighted by Gasteiger charge is -2.34. The number of rotatable bonds is 4. The first-order chi connectivity index (χ1) is 9.20. The van der Waals surface area contributed by atoms with Crippen molar-refractivity contribution < 1.29 is 4.79 Å². The molecule has 0 spiro atoms. The average molecular weight is 261 g/mol. The summed E-state index contributed by atoms with van der Waals surface area (Å²) < 4.78 is 0. The molecule has 0 saturated carbocycles. The summed E-state index contributed by atoms with van der Waals surface area (Å²) >= 11 is 0. The molecule has 1 aromatic rings. The molecule has 4 nitrogen and oxygen atoms in total. The fraction of sp³-hybridized carbons (Fsp3) is 0.533. The number of nitrogens with zero attached hydrogens (tertiary/aromatic N) is 1. The molecule has 0 aromatic heterocycles. The number of piperazine rings is 1. The fourth-order valence-corrected chi connectivity index (χ4v) is 2.69. The molecule has 1 atom stereocenters. The van der Waals surface area contributed by atoms with Crippen molar-refractivity contribution >= 4 is 11.6 Å². The van der Waals surface area contributed by atoms with Gasteiger partial charge in [-0.15, -0.1) is 0 Å². The highest BCUT2D eigenvalue weighted by Gasteiger charge is 2.20. The Morgan fingerprint density at radius 3 is 2.47 bits per heavy atom. The molecular weight excluding hydrogens is 238 g/mol. The molecule has 2 N–H and O–H groups in total. The van der Waals surface area contributed by atoms with Crippen molar-refractivity contribution in [3.8, 4) is 0 Å². The lowest BCUT2D eigenvalue weighted by atomic mass is 10.0. The predicted octanol–water partition coefficient (Wildman–Crippen LogP) is 2.00. The maximum atomic E-state index is 11.0. The van der Waals surface area contributed by atoms with Crippen molar-refractivity contribution in [3.05, 3.63) is 29.8 Å². The second-order valence-electron chi connectivity index (χ2n) is 5.01. The molecule has 2 rings (SSSR count). The maximum Gasteiger partial charge on any atom is 0.221 e. The van der Waals surface area contributed by atoms with E-state index in [0.717, 1.165) is 38.3 Å². The molecule has 0 aliphatic carbocycles. The van der Waals surface area contributed by atoms with Crippen LogP contribution in [0.15, 0.2) is 24.3 Å². The van der Waals surface area contributed by atoms with Gasteiger partial charge in [0.05, 0.1) is 0 Å². The second-order valence-corrected chi connectivity index (χ2v) is 5.01. The lowest BCUT2D eigenvalue weighted by Crippen LogP contribution is -2.45. The predicted molar refractivity (Wildman–Crippen MR) is 78.2 cm³/mol. The minimum atomic E-state index is -0.0260. The first-order valence-corrected chi connectivity index (χ1v) is 7.03. The Hall–Kier alpha value is -1.39. The van der Waals surface area contributed by atoms with Crippen molar-refractivity contribution in [2.24, 2.45) is 0 Å². The summed E-state index contributed by atoms with van der Waals surface area (Å²) in [7, 11) is 0. The van der Waals surface area contributed by atoms with Gasteiger partial charge < -0.3 is 10.6 Å². The first-order valence-electron chi connectivity index (χ1n) is 7.03. The van der Waals surface area contributed by atoms with Crippen LogP contribution < -0.4 is 10.6 Å². The van der Waals surface area contributed by atoms with Crippen LogP contribution in [-0.4, -0.2) is 37.0 Å². The molecule has 0 bridgehead atoms. The second kappa shape index (κ2) is 6.68. The van der Waals surface area contributed by atoms with Gasteiger partial charge in [-0.25, -0.2) is 0 Å². The molecule has 0 unspecified atom stereocenters. The van der Waals surface area contributed by atoms with E-state index in [1.807, 2.05) is 12.1 Å². The number of nitrogens with one attached hydrogen (secondary N) is 2. The summed E-state index contributed by atoms with van der Waals surface area (Å²) in [4.78, 5) is 13.5. The molecule has 1 heterocycles. The summed E-state index contributed by atoms with van der Waals surface area (Å²) in [6.45, 7) is 8.11. The third kappa shape index (κ3) is 3.78. The van der Waals surface area contributed by atoms with Crippen LogP contribution in [-0.2, 0) is 4.79 Å². The number of hydrogen-bond acceptors (Lipinski definition) is 3. The van der Waals surface area contributed by atoms with Crippen molar-refractivity contribution in [2.75, 3.05) is 31.5 Å². The Labute approximate surface area is 115 Å². The third-order valence-corrected chi connectivity index (χ3v) is 3.59. The normalized spacial score (nSPS) is 18.0. The van der Waals surface area contributed by atoms with Gasteiger partial charge in [-0.3, -0.25) is 9.69 Å². The van der Waals surface area contributed by atoms with Crippen molar-refractivity contribution in [3.63, 3.8) is 0 Å². The Morgan fingerprint density at radius 1 is 1.32 bits per heavy atom. The van der Waals surface area contributed by atoms with E-state index < -0.39 is 0 Å². The molecule has 1 amide bonds. The third-order valence-electron chi connectivity index (χ3n) is 3.59. The summed E-state index contributed by atoms with van der Waals surface area (Å²) in [5, 5.41) is 6.19. The standard InChI is InChI=1S/C15H23N3O/c1-3-15(18-10-8-16-9-11-18)13-4-6-14(7-5-13)17-12(2)19/h4-7,15-16H,3,8-11H2,1-2H3,(H,17,19)/t15-/m0/s1. The zero-order chi connectivity index (χ0) is 13.7. The van der Waals surface area contributed by atoms with Crippen LogP contribution in [0.25, 0.3) is 0 Å². The summed E-state index contributed by atoms with van der Waals surface area (Å²) in [6, 6.07) is 8.71. The Kier molecular flexibility index (Phi) is 4.93. The minimum absolute atomic E-state index is 0.0260. The van der Waals surface area contributed by atoms with Gasteiger partial charge in [0, 0.05) is 44.8 Å². The van der Waals surface area contributed by atoms with E-state index in [2.05, 4.69) is 34.6 Å². The SMILES string of the molecule is CC[C@@H](c1ccc(NC(C)=O)cc1)N1CCNCC1. The van der Waals surface area contributed by atoms with Crippen LogP contribution in [0.3, 0.4) is 0 Å². The van der Waals surface area contributed by atoms with Gasteiger partial charge in [-0.1, -0.05) is 19.1 Å². The average Bonchev–Trinajstić information content (AvgIpc) is 2.42. The Morgan fingerprint density at radius 2 is 1.95 bits per heavy atom. The molecule has 1 aromatic carbocycles. The van der Waals surface area contributed by atoms with E-state index in [-0.39, 0.29) is 5.91 Å². The van der Waals surface area contributed by atoms with Crippen LogP contribution in [0.5, 0.6) is 0 Å².